The molecule has 31 heavy (non-hydrogen) atoms. The average Bonchev–Trinajstić information content (AvgIpc) is 3.49. The van der Waals surface area contributed by atoms with Crippen LogP contribution in [0.25, 0.3) is 22.9 Å². The summed E-state index contributed by atoms with van der Waals surface area (Å²) in [4.78, 5) is 36.8. The van der Waals surface area contributed by atoms with Crippen molar-refractivity contribution in [3.63, 3.8) is 0 Å². The Morgan fingerprint density at radius 1 is 0.935 bits per heavy atom. The molecule has 10 heteroatoms. The summed E-state index contributed by atoms with van der Waals surface area (Å²) in [6, 6.07) is 11.9. The zero-order chi connectivity index (χ0) is 21.8. The summed E-state index contributed by atoms with van der Waals surface area (Å²) in [7, 11) is 0. The smallest absolute Gasteiger partial charge is 0.267 e. The van der Waals surface area contributed by atoms with Gasteiger partial charge >= 0.3 is 0 Å². The minimum Gasteiger partial charge on any atom is -0.463 e. The van der Waals surface area contributed by atoms with Crippen molar-refractivity contribution in [3.05, 3.63) is 81.8 Å². The minimum atomic E-state index is -0.860. The van der Waals surface area contributed by atoms with Gasteiger partial charge in [-0.1, -0.05) is 0 Å². The highest BCUT2D eigenvalue weighted by atomic mass is 16.3. The first kappa shape index (κ1) is 20.1. The van der Waals surface area contributed by atoms with Gasteiger partial charge in [0.1, 0.15) is 17.4 Å². The van der Waals surface area contributed by atoms with Crippen LogP contribution >= 0.6 is 0 Å². The van der Waals surface area contributed by atoms with Crippen LogP contribution in [0.5, 0.6) is 0 Å². The molecule has 0 aliphatic rings. The molecule has 0 bridgehead atoms. The molecule has 1 amide bonds. The summed E-state index contributed by atoms with van der Waals surface area (Å²) in [5.74, 6) is 0.609. The van der Waals surface area contributed by atoms with E-state index in [0.29, 0.717) is 22.9 Å². The topological polar surface area (TPSA) is 125 Å². The van der Waals surface area contributed by atoms with E-state index in [1.807, 2.05) is 0 Å². The summed E-state index contributed by atoms with van der Waals surface area (Å²) in [5, 5.41) is 11.2. The molecule has 10 nitrogen and oxygen atoms in total. The molecule has 1 atom stereocenters. The normalized spacial score (nSPS) is 11.9. The van der Waals surface area contributed by atoms with Crippen molar-refractivity contribution in [3.8, 4) is 22.9 Å². The molecule has 4 rings (SSSR count). The summed E-state index contributed by atoms with van der Waals surface area (Å²) >= 11 is 0. The maximum absolute atomic E-state index is 12.6. The lowest BCUT2D eigenvalue weighted by Gasteiger charge is -2.15. The lowest BCUT2D eigenvalue weighted by atomic mass is 10.3. The van der Waals surface area contributed by atoms with Crippen LogP contribution in [0.3, 0.4) is 0 Å². The Hall–Kier alpha value is -4.21. The molecule has 158 valence electrons. The molecule has 4 aromatic heterocycles. The zero-order valence-electron chi connectivity index (χ0n) is 16.6. The number of amides is 1. The second kappa shape index (κ2) is 8.66. The molecule has 1 unspecified atom stereocenters. The quantitative estimate of drug-likeness (QED) is 0.481. The first-order valence-corrected chi connectivity index (χ1v) is 9.56. The van der Waals surface area contributed by atoms with E-state index in [1.165, 1.54) is 35.4 Å². The Morgan fingerprint density at radius 3 is 2.16 bits per heavy atom. The third-order valence-electron chi connectivity index (χ3n) is 4.61. The van der Waals surface area contributed by atoms with Crippen LogP contribution < -0.4 is 16.4 Å². The molecule has 0 fully saturated rings. The van der Waals surface area contributed by atoms with Gasteiger partial charge in [-0.15, -0.1) is 0 Å². The van der Waals surface area contributed by atoms with Gasteiger partial charge in [0.05, 0.1) is 19.1 Å². The third-order valence-corrected chi connectivity index (χ3v) is 4.61. The van der Waals surface area contributed by atoms with Gasteiger partial charge in [0.2, 0.25) is 5.91 Å². The Bertz CT molecular complexity index is 1290. The van der Waals surface area contributed by atoms with Gasteiger partial charge in [0.15, 0.2) is 11.5 Å². The standard InChI is InChI=1S/C21H19N5O5/c1-14(26-20(28)9-7-16(24-26)18-5-3-13-31-18)21(29)22-10-11-25-19(27)8-6-15(23-25)17-4-2-12-30-17/h2-9,12-14H,10-11H2,1H3,(H,22,29). The van der Waals surface area contributed by atoms with Crippen molar-refractivity contribution in [1.82, 2.24) is 24.9 Å². The summed E-state index contributed by atoms with van der Waals surface area (Å²) in [6.07, 6.45) is 3.02. The Morgan fingerprint density at radius 2 is 1.55 bits per heavy atom. The van der Waals surface area contributed by atoms with Gasteiger partial charge < -0.3 is 14.2 Å². The third kappa shape index (κ3) is 4.37. The van der Waals surface area contributed by atoms with Gasteiger partial charge in [0, 0.05) is 18.7 Å². The zero-order valence-corrected chi connectivity index (χ0v) is 16.6. The lowest BCUT2D eigenvalue weighted by Crippen LogP contribution is -2.39. The van der Waals surface area contributed by atoms with E-state index in [2.05, 4.69) is 15.5 Å². The summed E-state index contributed by atoms with van der Waals surface area (Å²) < 4.78 is 12.9. The molecular weight excluding hydrogens is 402 g/mol. The fourth-order valence-corrected chi connectivity index (χ4v) is 2.97. The maximum Gasteiger partial charge on any atom is 0.267 e. The predicted molar refractivity (Wildman–Crippen MR) is 110 cm³/mol. The number of carbonyl (C=O) groups excluding carboxylic acids is 1. The van der Waals surface area contributed by atoms with E-state index in [4.69, 9.17) is 8.83 Å². The molecule has 0 aliphatic heterocycles. The van der Waals surface area contributed by atoms with E-state index in [-0.39, 0.29) is 18.6 Å². The lowest BCUT2D eigenvalue weighted by molar-refractivity contribution is -0.124. The van der Waals surface area contributed by atoms with Gasteiger partial charge in [-0.05, 0) is 43.3 Å². The highest BCUT2D eigenvalue weighted by molar-refractivity contribution is 5.79. The van der Waals surface area contributed by atoms with Gasteiger partial charge in [-0.25, -0.2) is 9.36 Å². The number of rotatable bonds is 7. The first-order valence-electron chi connectivity index (χ1n) is 9.56. The second-order valence-corrected chi connectivity index (χ2v) is 6.70. The van der Waals surface area contributed by atoms with E-state index in [9.17, 15) is 14.4 Å². The molecule has 4 heterocycles. The molecule has 1 N–H and O–H groups in total. The molecular formula is C21H19N5O5. The van der Waals surface area contributed by atoms with E-state index >= 15 is 0 Å². The molecule has 4 aromatic rings. The monoisotopic (exact) mass is 421 g/mol. The second-order valence-electron chi connectivity index (χ2n) is 6.70. The highest BCUT2D eigenvalue weighted by Gasteiger charge is 2.18. The van der Waals surface area contributed by atoms with E-state index in [0.717, 1.165) is 4.68 Å². The number of nitrogens with zero attached hydrogens (tertiary/aromatic N) is 4. The number of nitrogens with one attached hydrogen (secondary N) is 1. The number of hydrogen-bond donors (Lipinski definition) is 1. The van der Waals surface area contributed by atoms with Crippen LogP contribution in [-0.4, -0.2) is 32.0 Å². The summed E-state index contributed by atoms with van der Waals surface area (Å²) in [6.45, 7) is 1.86. The van der Waals surface area contributed by atoms with Crippen molar-refractivity contribution < 1.29 is 13.6 Å². The fraction of sp³-hybridized carbons (Fsp3) is 0.190. The minimum absolute atomic E-state index is 0.143. The van der Waals surface area contributed by atoms with Gasteiger partial charge in [0.25, 0.3) is 11.1 Å². The van der Waals surface area contributed by atoms with Crippen molar-refractivity contribution >= 4 is 5.91 Å². The van der Waals surface area contributed by atoms with Crippen LogP contribution in [0, 0.1) is 0 Å². The van der Waals surface area contributed by atoms with Gasteiger partial charge in [-0.3, -0.25) is 14.4 Å². The fourth-order valence-electron chi connectivity index (χ4n) is 2.97. The Labute approximate surface area is 175 Å². The number of carbonyl (C=O) groups is 1. The molecule has 0 aromatic carbocycles. The number of aromatic nitrogens is 4. The highest BCUT2D eigenvalue weighted by Crippen LogP contribution is 2.16. The maximum atomic E-state index is 12.6. The van der Waals surface area contributed by atoms with Crippen molar-refractivity contribution in [1.29, 1.82) is 0 Å². The van der Waals surface area contributed by atoms with Gasteiger partial charge in [-0.2, -0.15) is 10.2 Å². The first-order chi connectivity index (χ1) is 15.0. The molecule has 0 radical (unpaired) electrons. The Kier molecular flexibility index (Phi) is 5.61. The van der Waals surface area contributed by atoms with Crippen LogP contribution in [-0.2, 0) is 11.3 Å². The molecule has 0 saturated heterocycles. The van der Waals surface area contributed by atoms with Crippen LogP contribution in [0.4, 0.5) is 0 Å². The predicted octanol–water partition coefficient (Wildman–Crippen LogP) is 1.70. The Balaban J connectivity index is 1.43. The van der Waals surface area contributed by atoms with E-state index < -0.39 is 17.5 Å². The summed E-state index contributed by atoms with van der Waals surface area (Å²) in [5.41, 5.74) is 0.230. The SMILES string of the molecule is CC(C(=O)NCCn1nc(-c2ccco2)ccc1=O)n1nc(-c2ccco2)ccc1=O. The molecule has 0 saturated carbocycles. The largest absolute Gasteiger partial charge is 0.463 e. The van der Waals surface area contributed by atoms with Crippen LogP contribution in [0.1, 0.15) is 13.0 Å². The molecule has 0 aliphatic carbocycles. The average molecular weight is 421 g/mol. The number of hydrogen-bond acceptors (Lipinski definition) is 7. The molecule has 0 spiro atoms. The van der Waals surface area contributed by atoms with Crippen molar-refractivity contribution in [2.24, 2.45) is 0 Å². The van der Waals surface area contributed by atoms with Crippen LogP contribution in [0.2, 0.25) is 0 Å². The van der Waals surface area contributed by atoms with Crippen molar-refractivity contribution in [2.45, 2.75) is 19.5 Å². The van der Waals surface area contributed by atoms with Crippen LogP contribution in [0.15, 0.2) is 79.5 Å². The van der Waals surface area contributed by atoms with E-state index in [1.54, 1.807) is 37.3 Å². The van der Waals surface area contributed by atoms with Crippen molar-refractivity contribution in [2.75, 3.05) is 6.54 Å². The number of furan rings is 2.